The van der Waals surface area contributed by atoms with Gasteiger partial charge in [-0.2, -0.15) is 13.2 Å². The molecule has 2 aromatic rings. The summed E-state index contributed by atoms with van der Waals surface area (Å²) in [5.74, 6) is 0.270. The van der Waals surface area contributed by atoms with E-state index in [9.17, 15) is 26.4 Å². The predicted molar refractivity (Wildman–Crippen MR) is 113 cm³/mol. The second kappa shape index (κ2) is 9.67. The molecule has 2 rings (SSSR count). The van der Waals surface area contributed by atoms with Gasteiger partial charge in [-0.25, -0.2) is 8.42 Å². The van der Waals surface area contributed by atoms with Gasteiger partial charge in [-0.1, -0.05) is 23.2 Å². The van der Waals surface area contributed by atoms with Crippen molar-refractivity contribution in [2.45, 2.75) is 22.4 Å². The normalized spacial score (nSPS) is 12.0. The van der Waals surface area contributed by atoms with Crippen molar-refractivity contribution in [1.29, 1.82) is 0 Å². The molecule has 0 aromatic heterocycles. The molecular weight excluding hydrogens is 484 g/mol. The third kappa shape index (κ3) is 6.44. The van der Waals surface area contributed by atoms with Crippen molar-refractivity contribution in [3.05, 3.63) is 52.0 Å². The van der Waals surface area contributed by atoms with Gasteiger partial charge in [-0.3, -0.25) is 9.52 Å². The molecule has 1 N–H and O–H groups in total. The molecule has 2 aromatic carbocycles. The summed E-state index contributed by atoms with van der Waals surface area (Å²) in [5.41, 5.74) is -1.16. The Bertz CT molecular complexity index is 1050. The molecule has 164 valence electrons. The summed E-state index contributed by atoms with van der Waals surface area (Å²) < 4.78 is 66.9. The molecule has 5 nitrogen and oxygen atoms in total. The fourth-order valence-electron chi connectivity index (χ4n) is 2.27. The van der Waals surface area contributed by atoms with E-state index in [4.69, 9.17) is 23.2 Å². The van der Waals surface area contributed by atoms with E-state index >= 15 is 0 Å². The summed E-state index contributed by atoms with van der Waals surface area (Å²) >= 11 is 12.7. The average molecular weight is 501 g/mol. The Morgan fingerprint density at radius 1 is 1.13 bits per heavy atom. The molecular formula is C18H17Cl2F3N2O3S2. The molecule has 0 saturated carbocycles. The maximum atomic E-state index is 13.1. The summed E-state index contributed by atoms with van der Waals surface area (Å²) in [5, 5.41) is -0.375. The van der Waals surface area contributed by atoms with Gasteiger partial charge in [0.2, 0.25) is 5.91 Å². The number of amides is 1. The Kier molecular flexibility index (Phi) is 7.95. The number of sulfonamides is 1. The van der Waals surface area contributed by atoms with Crippen LogP contribution in [0.4, 0.5) is 18.9 Å². The van der Waals surface area contributed by atoms with Gasteiger partial charge in [0.05, 0.1) is 21.2 Å². The van der Waals surface area contributed by atoms with Gasteiger partial charge >= 0.3 is 6.18 Å². The highest BCUT2D eigenvalue weighted by atomic mass is 35.5. The number of nitrogens with one attached hydrogen (secondary N) is 1. The van der Waals surface area contributed by atoms with Crippen LogP contribution in [0.25, 0.3) is 0 Å². The molecule has 30 heavy (non-hydrogen) atoms. The summed E-state index contributed by atoms with van der Waals surface area (Å²) in [6, 6.07) is 6.77. The molecule has 0 spiro atoms. The first-order valence-corrected chi connectivity index (χ1v) is 11.6. The number of hydrogen-bond donors (Lipinski definition) is 1. The summed E-state index contributed by atoms with van der Waals surface area (Å²) in [6.45, 7) is 0. The molecule has 0 bridgehead atoms. The first-order chi connectivity index (χ1) is 13.8. The molecule has 0 fully saturated rings. The predicted octanol–water partition coefficient (Wildman–Crippen LogP) is 5.38. The fraction of sp³-hybridized carbons (Fsp3) is 0.278. The van der Waals surface area contributed by atoms with Crippen LogP contribution >= 0.6 is 35.0 Å². The topological polar surface area (TPSA) is 66.5 Å². The highest BCUT2D eigenvalue weighted by molar-refractivity contribution is 7.99. The molecule has 0 unspecified atom stereocenters. The van der Waals surface area contributed by atoms with Crippen LogP contribution in [-0.2, 0) is 21.0 Å². The molecule has 0 aliphatic carbocycles. The maximum Gasteiger partial charge on any atom is 0.417 e. The number of anilines is 1. The van der Waals surface area contributed by atoms with E-state index in [2.05, 4.69) is 4.72 Å². The van der Waals surface area contributed by atoms with Gasteiger partial charge in [0.15, 0.2) is 0 Å². The van der Waals surface area contributed by atoms with Crippen molar-refractivity contribution in [1.82, 2.24) is 4.90 Å². The SMILES string of the molecule is CN(C)C(=O)CCSc1ccc(Cl)cc1NS(=O)(=O)c1ccc(Cl)c(C(F)(F)F)c1. The number of alkyl halides is 3. The van der Waals surface area contributed by atoms with E-state index in [1.807, 2.05) is 0 Å². The number of carbonyl (C=O) groups is 1. The molecule has 0 atom stereocenters. The molecule has 1 amide bonds. The van der Waals surface area contributed by atoms with Crippen LogP contribution in [0.1, 0.15) is 12.0 Å². The first-order valence-electron chi connectivity index (χ1n) is 8.33. The highest BCUT2D eigenvalue weighted by Crippen LogP contribution is 2.37. The van der Waals surface area contributed by atoms with E-state index in [1.54, 1.807) is 26.2 Å². The van der Waals surface area contributed by atoms with Crippen LogP contribution in [0, 0.1) is 0 Å². The Morgan fingerprint density at radius 3 is 2.40 bits per heavy atom. The molecule has 0 radical (unpaired) electrons. The lowest BCUT2D eigenvalue weighted by atomic mass is 10.2. The zero-order valence-electron chi connectivity index (χ0n) is 15.8. The number of benzene rings is 2. The van der Waals surface area contributed by atoms with Gasteiger partial charge in [-0.05, 0) is 36.4 Å². The lowest BCUT2D eigenvalue weighted by molar-refractivity contribution is -0.137. The standard InChI is InChI=1S/C18H17Cl2F3N2O3S2/c1-25(2)17(26)7-8-29-16-6-3-11(19)9-15(16)24-30(27,28)12-4-5-14(20)13(10-12)18(21,22)23/h3-6,9-10,24H,7-8H2,1-2H3. The van der Waals surface area contributed by atoms with Crippen LogP contribution in [0.5, 0.6) is 0 Å². The molecule has 0 aliphatic rings. The number of hydrogen-bond acceptors (Lipinski definition) is 4. The van der Waals surface area contributed by atoms with Crippen LogP contribution in [0.15, 0.2) is 46.2 Å². The number of carbonyl (C=O) groups excluding carboxylic acids is 1. The highest BCUT2D eigenvalue weighted by Gasteiger charge is 2.34. The van der Waals surface area contributed by atoms with Crippen molar-refractivity contribution < 1.29 is 26.4 Å². The Labute approximate surface area is 186 Å². The zero-order valence-corrected chi connectivity index (χ0v) is 18.9. The lowest BCUT2D eigenvalue weighted by Gasteiger charge is -2.15. The number of rotatable bonds is 7. The van der Waals surface area contributed by atoms with Crippen LogP contribution in [0.2, 0.25) is 10.0 Å². The molecule has 0 saturated heterocycles. The Balaban J connectivity index is 2.30. The van der Waals surface area contributed by atoms with Crippen LogP contribution in [-0.4, -0.2) is 39.1 Å². The summed E-state index contributed by atoms with van der Waals surface area (Å²) in [4.78, 5) is 13.0. The van der Waals surface area contributed by atoms with E-state index in [-0.39, 0.29) is 23.0 Å². The van der Waals surface area contributed by atoms with Crippen LogP contribution < -0.4 is 4.72 Å². The van der Waals surface area contributed by atoms with Crippen molar-refractivity contribution in [3.63, 3.8) is 0 Å². The zero-order chi connectivity index (χ0) is 22.7. The number of thioether (sulfide) groups is 1. The van der Waals surface area contributed by atoms with Crippen LogP contribution in [0.3, 0.4) is 0 Å². The van der Waals surface area contributed by atoms with Gasteiger partial charge in [0.1, 0.15) is 0 Å². The molecule has 0 heterocycles. The van der Waals surface area contributed by atoms with Crippen molar-refractivity contribution in [2.24, 2.45) is 0 Å². The largest absolute Gasteiger partial charge is 0.417 e. The van der Waals surface area contributed by atoms with E-state index in [0.717, 1.165) is 12.1 Å². The third-order valence-electron chi connectivity index (χ3n) is 3.81. The lowest BCUT2D eigenvalue weighted by Crippen LogP contribution is -2.21. The number of halogens is 5. The monoisotopic (exact) mass is 500 g/mol. The van der Waals surface area contributed by atoms with E-state index < -0.39 is 31.7 Å². The summed E-state index contributed by atoms with van der Waals surface area (Å²) in [7, 11) is -1.12. The van der Waals surface area contributed by atoms with Crippen molar-refractivity contribution >= 4 is 56.6 Å². The quantitative estimate of drug-likeness (QED) is 0.518. The Hall–Kier alpha value is -1.62. The molecule has 0 aliphatic heterocycles. The molecule has 12 heteroatoms. The van der Waals surface area contributed by atoms with Gasteiger partial charge in [-0.15, -0.1) is 11.8 Å². The second-order valence-corrected chi connectivity index (χ2v) is 9.93. The van der Waals surface area contributed by atoms with Crippen molar-refractivity contribution in [2.75, 3.05) is 24.6 Å². The minimum Gasteiger partial charge on any atom is -0.349 e. The third-order valence-corrected chi connectivity index (χ3v) is 6.81. The second-order valence-electron chi connectivity index (χ2n) is 6.27. The minimum atomic E-state index is -4.81. The average Bonchev–Trinajstić information content (AvgIpc) is 2.62. The maximum absolute atomic E-state index is 13.1. The Morgan fingerprint density at radius 2 is 1.80 bits per heavy atom. The van der Waals surface area contributed by atoms with Crippen molar-refractivity contribution in [3.8, 4) is 0 Å². The number of nitrogens with zero attached hydrogens (tertiary/aromatic N) is 1. The van der Waals surface area contributed by atoms with Gasteiger partial charge < -0.3 is 4.90 Å². The fourth-order valence-corrected chi connectivity index (χ4v) is 4.76. The first kappa shape index (κ1) is 24.6. The van der Waals surface area contributed by atoms with E-state index in [0.29, 0.717) is 16.7 Å². The van der Waals surface area contributed by atoms with Gasteiger partial charge in [0.25, 0.3) is 10.0 Å². The smallest absolute Gasteiger partial charge is 0.349 e. The van der Waals surface area contributed by atoms with Gasteiger partial charge in [0, 0.05) is 36.2 Å². The van der Waals surface area contributed by atoms with E-state index in [1.165, 1.54) is 22.7 Å². The summed E-state index contributed by atoms with van der Waals surface area (Å²) in [6.07, 6.45) is -4.59. The minimum absolute atomic E-state index is 0.0910.